The molecule has 2 heterocycles. The van der Waals surface area contributed by atoms with Crippen LogP contribution in [0.1, 0.15) is 30.8 Å². The smallest absolute Gasteiger partial charge is 0.299 e. The number of ether oxygens (including phenoxy) is 1. The molecule has 1 aromatic heterocycles. The van der Waals surface area contributed by atoms with E-state index in [0.717, 1.165) is 0 Å². The Kier molecular flexibility index (Phi) is 7.76. The van der Waals surface area contributed by atoms with E-state index in [1.165, 1.54) is 14.7 Å². The Morgan fingerprint density at radius 2 is 2.18 bits per heavy atom. The molecule has 1 aromatic rings. The zero-order chi connectivity index (χ0) is 20.8. The lowest BCUT2D eigenvalue weighted by Crippen LogP contribution is -2.34. The SMILES string of the molecule is CCOc1nc(N(C)C=O)c(C(=O)N(C)CCCO)n1CC1SC(C)=CN1C. The van der Waals surface area contributed by atoms with Crippen LogP contribution in [0.4, 0.5) is 5.82 Å². The van der Waals surface area contributed by atoms with E-state index in [4.69, 9.17) is 9.84 Å². The van der Waals surface area contributed by atoms with Gasteiger partial charge in [0.25, 0.3) is 11.9 Å². The molecule has 1 unspecified atom stereocenters. The summed E-state index contributed by atoms with van der Waals surface area (Å²) in [5, 5.41) is 9.16. The second-order valence-electron chi connectivity index (χ2n) is 6.61. The van der Waals surface area contributed by atoms with Gasteiger partial charge in [-0.25, -0.2) is 0 Å². The first-order valence-corrected chi connectivity index (χ1v) is 10.1. The van der Waals surface area contributed by atoms with Crippen LogP contribution >= 0.6 is 11.8 Å². The number of allylic oxidation sites excluding steroid dienone is 1. The molecule has 2 rings (SSSR count). The zero-order valence-corrected chi connectivity index (χ0v) is 17.9. The molecule has 28 heavy (non-hydrogen) atoms. The molecule has 1 aliphatic heterocycles. The summed E-state index contributed by atoms with van der Waals surface area (Å²) in [6, 6.07) is 0.309. The molecule has 1 aliphatic rings. The number of carbonyl (C=O) groups is 2. The molecule has 1 atom stereocenters. The van der Waals surface area contributed by atoms with Crippen molar-refractivity contribution >= 4 is 29.9 Å². The number of aliphatic hydroxyl groups excluding tert-OH is 1. The number of amides is 2. The highest BCUT2D eigenvalue weighted by atomic mass is 32.2. The summed E-state index contributed by atoms with van der Waals surface area (Å²) in [5.74, 6) is -0.0134. The van der Waals surface area contributed by atoms with Crippen LogP contribution in [-0.4, -0.2) is 83.1 Å². The quantitative estimate of drug-likeness (QED) is 0.579. The molecule has 0 radical (unpaired) electrons. The van der Waals surface area contributed by atoms with Gasteiger partial charge < -0.3 is 24.5 Å². The van der Waals surface area contributed by atoms with E-state index in [2.05, 4.69) is 16.1 Å². The largest absolute Gasteiger partial charge is 0.465 e. The Labute approximate surface area is 169 Å². The molecule has 0 fully saturated rings. The maximum absolute atomic E-state index is 13.2. The van der Waals surface area contributed by atoms with E-state index in [1.54, 1.807) is 30.4 Å². The van der Waals surface area contributed by atoms with Crippen LogP contribution in [0.25, 0.3) is 0 Å². The molecule has 156 valence electrons. The van der Waals surface area contributed by atoms with Crippen LogP contribution < -0.4 is 9.64 Å². The van der Waals surface area contributed by atoms with Crippen molar-refractivity contribution in [1.82, 2.24) is 19.4 Å². The molecule has 10 heteroatoms. The van der Waals surface area contributed by atoms with E-state index in [0.29, 0.717) is 44.2 Å². The average Bonchev–Trinajstić information content (AvgIpc) is 3.18. The number of aromatic nitrogens is 2. The third kappa shape index (κ3) is 4.79. The first-order valence-electron chi connectivity index (χ1n) is 9.18. The standard InChI is InChI=1S/C18H29N5O4S/c1-6-27-18-19-16(22(5)12-25)15(17(26)20(3)8-7-9-24)23(18)11-14-21(4)10-13(2)28-14/h10,12,14,24H,6-9,11H2,1-5H3. The monoisotopic (exact) mass is 411 g/mol. The molecule has 0 saturated carbocycles. The highest BCUT2D eigenvalue weighted by Crippen LogP contribution is 2.35. The summed E-state index contributed by atoms with van der Waals surface area (Å²) in [4.78, 5) is 35.1. The molecule has 0 saturated heterocycles. The Morgan fingerprint density at radius 1 is 1.46 bits per heavy atom. The van der Waals surface area contributed by atoms with Gasteiger partial charge >= 0.3 is 0 Å². The summed E-state index contributed by atoms with van der Waals surface area (Å²) < 4.78 is 7.44. The third-order valence-electron chi connectivity index (χ3n) is 4.38. The number of imidazole rings is 1. The molecule has 9 nitrogen and oxygen atoms in total. The van der Waals surface area contributed by atoms with E-state index in [-0.39, 0.29) is 23.7 Å². The summed E-state index contributed by atoms with van der Waals surface area (Å²) >= 11 is 1.70. The Bertz CT molecular complexity index is 736. The van der Waals surface area contributed by atoms with Gasteiger partial charge in [-0.15, -0.1) is 11.8 Å². The van der Waals surface area contributed by atoms with Crippen molar-refractivity contribution in [3.05, 3.63) is 16.8 Å². The van der Waals surface area contributed by atoms with Crippen LogP contribution in [0, 0.1) is 0 Å². The number of thioether (sulfide) groups is 1. The lowest BCUT2D eigenvalue weighted by atomic mass is 10.3. The third-order valence-corrected chi connectivity index (χ3v) is 5.61. The lowest BCUT2D eigenvalue weighted by Gasteiger charge is -2.24. The van der Waals surface area contributed by atoms with Crippen LogP contribution in [0.5, 0.6) is 6.01 Å². The minimum Gasteiger partial charge on any atom is -0.465 e. The number of rotatable bonds is 10. The van der Waals surface area contributed by atoms with E-state index in [1.807, 2.05) is 20.9 Å². The number of anilines is 1. The second kappa shape index (κ2) is 9.83. The summed E-state index contributed by atoms with van der Waals surface area (Å²) in [6.45, 7) is 5.14. The lowest BCUT2D eigenvalue weighted by molar-refractivity contribution is -0.107. The molecule has 1 N–H and O–H groups in total. The fourth-order valence-electron chi connectivity index (χ4n) is 2.95. The van der Waals surface area contributed by atoms with Crippen molar-refractivity contribution in [3.8, 4) is 6.01 Å². The second-order valence-corrected chi connectivity index (χ2v) is 8.03. The van der Waals surface area contributed by atoms with Crippen molar-refractivity contribution in [2.45, 2.75) is 32.2 Å². The van der Waals surface area contributed by atoms with Gasteiger partial charge in [-0.05, 0) is 25.2 Å². The Balaban J connectivity index is 2.48. The number of nitrogens with zero attached hydrogens (tertiary/aromatic N) is 5. The minimum atomic E-state index is -0.272. The highest BCUT2D eigenvalue weighted by Gasteiger charge is 2.31. The van der Waals surface area contributed by atoms with Crippen molar-refractivity contribution in [1.29, 1.82) is 0 Å². The van der Waals surface area contributed by atoms with Gasteiger partial charge in [0.15, 0.2) is 11.5 Å². The summed E-state index contributed by atoms with van der Waals surface area (Å²) in [7, 11) is 5.21. The molecule has 0 aromatic carbocycles. The van der Waals surface area contributed by atoms with Crippen LogP contribution in [0.15, 0.2) is 11.1 Å². The topological polar surface area (TPSA) is 91.1 Å². The fraction of sp³-hybridized carbons (Fsp3) is 0.611. The van der Waals surface area contributed by atoms with E-state index >= 15 is 0 Å². The molecular weight excluding hydrogens is 382 g/mol. The first kappa shape index (κ1) is 22.1. The predicted molar refractivity (Wildman–Crippen MR) is 109 cm³/mol. The van der Waals surface area contributed by atoms with Crippen molar-refractivity contribution in [2.75, 3.05) is 45.8 Å². The van der Waals surface area contributed by atoms with Crippen molar-refractivity contribution in [2.24, 2.45) is 0 Å². The molecule has 2 amide bonds. The normalized spacial score (nSPS) is 16.1. The number of hydrogen-bond donors (Lipinski definition) is 1. The molecule has 0 aliphatic carbocycles. The van der Waals surface area contributed by atoms with E-state index < -0.39 is 0 Å². The van der Waals surface area contributed by atoms with Crippen molar-refractivity contribution in [3.63, 3.8) is 0 Å². The number of aliphatic hydroxyl groups is 1. The van der Waals surface area contributed by atoms with Gasteiger partial charge in [0.1, 0.15) is 0 Å². The highest BCUT2D eigenvalue weighted by molar-refractivity contribution is 8.03. The molecule has 0 spiro atoms. The maximum atomic E-state index is 13.2. The van der Waals surface area contributed by atoms with Gasteiger partial charge in [0.2, 0.25) is 6.41 Å². The number of carbonyl (C=O) groups excluding carboxylic acids is 2. The van der Waals surface area contributed by atoms with Gasteiger partial charge in [0, 0.05) is 40.5 Å². The molecular formula is C18H29N5O4S. The Morgan fingerprint density at radius 3 is 2.71 bits per heavy atom. The predicted octanol–water partition coefficient (Wildman–Crippen LogP) is 1.19. The van der Waals surface area contributed by atoms with E-state index in [9.17, 15) is 9.59 Å². The average molecular weight is 412 g/mol. The molecule has 0 bridgehead atoms. The fourth-order valence-corrected chi connectivity index (χ4v) is 4.05. The van der Waals surface area contributed by atoms with Crippen LogP contribution in [-0.2, 0) is 11.3 Å². The van der Waals surface area contributed by atoms with Gasteiger partial charge in [-0.2, -0.15) is 4.98 Å². The van der Waals surface area contributed by atoms with Gasteiger partial charge in [-0.3, -0.25) is 14.2 Å². The summed E-state index contributed by atoms with van der Waals surface area (Å²) in [6.07, 6.45) is 3.15. The van der Waals surface area contributed by atoms with Crippen LogP contribution in [0.2, 0.25) is 0 Å². The van der Waals surface area contributed by atoms with Crippen molar-refractivity contribution < 1.29 is 19.4 Å². The van der Waals surface area contributed by atoms with Gasteiger partial charge in [-0.1, -0.05) is 0 Å². The number of hydrogen-bond acceptors (Lipinski definition) is 7. The zero-order valence-electron chi connectivity index (χ0n) is 17.1. The van der Waals surface area contributed by atoms with Crippen LogP contribution in [0.3, 0.4) is 0 Å². The maximum Gasteiger partial charge on any atom is 0.299 e. The number of likely N-dealkylation sites (N-methyl/N-ethyl adjacent to an activating group) is 1. The van der Waals surface area contributed by atoms with Gasteiger partial charge in [0.05, 0.1) is 18.5 Å². The minimum absolute atomic E-state index is 0.00334. The summed E-state index contributed by atoms with van der Waals surface area (Å²) in [5.41, 5.74) is 0.303. The Hall–Kier alpha value is -2.20. The first-order chi connectivity index (χ1) is 13.3.